The van der Waals surface area contributed by atoms with E-state index in [4.69, 9.17) is 11.6 Å². The summed E-state index contributed by atoms with van der Waals surface area (Å²) in [4.78, 5) is 0. The van der Waals surface area contributed by atoms with Crippen LogP contribution in [0, 0.1) is 6.92 Å². The Kier molecular flexibility index (Phi) is 4.49. The van der Waals surface area contributed by atoms with Crippen LogP contribution in [0.2, 0.25) is 5.02 Å². The van der Waals surface area contributed by atoms with E-state index >= 15 is 0 Å². The molecule has 23 heavy (non-hydrogen) atoms. The Morgan fingerprint density at radius 3 is 2.26 bits per heavy atom. The molecule has 1 unspecified atom stereocenters. The van der Waals surface area contributed by atoms with E-state index in [-0.39, 0.29) is 12.1 Å². The van der Waals surface area contributed by atoms with Gasteiger partial charge < -0.3 is 0 Å². The lowest BCUT2D eigenvalue weighted by Gasteiger charge is -2.32. The highest BCUT2D eigenvalue weighted by Gasteiger charge is 2.24. The van der Waals surface area contributed by atoms with Crippen molar-refractivity contribution >= 4 is 17.3 Å². The summed E-state index contributed by atoms with van der Waals surface area (Å²) in [5.74, 6) is 0. The minimum Gasteiger partial charge on any atom is -0.265 e. The van der Waals surface area contributed by atoms with Gasteiger partial charge in [0.1, 0.15) is 0 Å². The predicted octanol–water partition coefficient (Wildman–Crippen LogP) is 5.82. The third-order valence-corrected chi connectivity index (χ3v) is 4.20. The second kappa shape index (κ2) is 6.55. The lowest BCUT2D eigenvalue weighted by atomic mass is 10.0. The molecule has 2 aromatic carbocycles. The smallest absolute Gasteiger partial charge is 0.0945 e. The molecule has 0 saturated heterocycles. The van der Waals surface area contributed by atoms with Crippen LogP contribution >= 0.6 is 11.6 Å². The molecule has 0 amide bonds. The van der Waals surface area contributed by atoms with Crippen molar-refractivity contribution in [2.24, 2.45) is 10.3 Å². The molecular formula is C19H20ClN3. The van der Waals surface area contributed by atoms with Crippen LogP contribution in [-0.4, -0.2) is 11.1 Å². The van der Waals surface area contributed by atoms with Crippen LogP contribution in [-0.2, 0) is 0 Å². The highest BCUT2D eigenvalue weighted by atomic mass is 35.5. The summed E-state index contributed by atoms with van der Waals surface area (Å²) in [7, 11) is 0. The fourth-order valence-corrected chi connectivity index (χ4v) is 2.75. The maximum absolute atomic E-state index is 5.97. The fraction of sp³-hybridized carbons (Fsp3) is 0.263. The Hall–Kier alpha value is -2.13. The highest BCUT2D eigenvalue weighted by Crippen LogP contribution is 2.34. The molecule has 3 rings (SSSR count). The van der Waals surface area contributed by atoms with Gasteiger partial charge in [-0.3, -0.25) is 5.01 Å². The zero-order valence-corrected chi connectivity index (χ0v) is 14.3. The van der Waals surface area contributed by atoms with Crippen LogP contribution < -0.4 is 0 Å². The van der Waals surface area contributed by atoms with Crippen molar-refractivity contribution in [3.8, 4) is 0 Å². The summed E-state index contributed by atoms with van der Waals surface area (Å²) >= 11 is 5.97. The van der Waals surface area contributed by atoms with E-state index in [2.05, 4.69) is 61.5 Å². The average molecular weight is 326 g/mol. The third kappa shape index (κ3) is 3.45. The zero-order chi connectivity index (χ0) is 16.4. The van der Waals surface area contributed by atoms with Crippen molar-refractivity contribution in [3.63, 3.8) is 0 Å². The van der Waals surface area contributed by atoms with E-state index in [0.717, 1.165) is 16.3 Å². The summed E-state index contributed by atoms with van der Waals surface area (Å²) in [6, 6.07) is 16.6. The molecule has 0 fully saturated rings. The van der Waals surface area contributed by atoms with Gasteiger partial charge in [-0.2, -0.15) is 0 Å². The molecule has 3 nitrogen and oxygen atoms in total. The van der Waals surface area contributed by atoms with Crippen molar-refractivity contribution in [2.75, 3.05) is 0 Å². The maximum Gasteiger partial charge on any atom is 0.0945 e. The average Bonchev–Trinajstić information content (AvgIpc) is 2.55. The van der Waals surface area contributed by atoms with E-state index in [1.54, 1.807) is 0 Å². The summed E-state index contributed by atoms with van der Waals surface area (Å²) in [6.07, 6.45) is 2.17. The molecule has 0 spiro atoms. The van der Waals surface area contributed by atoms with Gasteiger partial charge in [-0.15, -0.1) is 5.11 Å². The van der Waals surface area contributed by atoms with Crippen LogP contribution in [0.3, 0.4) is 0 Å². The first-order chi connectivity index (χ1) is 11.0. The highest BCUT2D eigenvalue weighted by molar-refractivity contribution is 6.30. The van der Waals surface area contributed by atoms with Gasteiger partial charge >= 0.3 is 0 Å². The zero-order valence-electron chi connectivity index (χ0n) is 13.6. The molecule has 0 radical (unpaired) electrons. The van der Waals surface area contributed by atoms with E-state index in [1.807, 2.05) is 29.3 Å². The first-order valence-corrected chi connectivity index (χ1v) is 8.17. The summed E-state index contributed by atoms with van der Waals surface area (Å²) in [5.41, 5.74) is 4.38. The summed E-state index contributed by atoms with van der Waals surface area (Å²) in [6.45, 7) is 6.35. The van der Waals surface area contributed by atoms with Gasteiger partial charge in [0, 0.05) is 16.6 Å². The van der Waals surface area contributed by atoms with Crippen LogP contribution in [0.1, 0.15) is 36.6 Å². The van der Waals surface area contributed by atoms with E-state index in [0.29, 0.717) is 0 Å². The molecule has 0 bridgehead atoms. The standard InChI is InChI=1S/C19H20ClN3/c1-13(2)23-19(16-6-4-14(3)5-7-16)12-18(21-22-23)15-8-10-17(20)11-9-15/h4-13,19H,1-3H3. The second-order valence-corrected chi connectivity index (χ2v) is 6.51. The SMILES string of the molecule is Cc1ccc(C2C=C(c3ccc(Cl)cc3)N=NN2C(C)C)cc1. The number of hydrogen-bond donors (Lipinski definition) is 0. The molecule has 1 atom stereocenters. The molecule has 0 saturated carbocycles. The quantitative estimate of drug-likeness (QED) is 0.698. The van der Waals surface area contributed by atoms with Gasteiger partial charge in [0.15, 0.2) is 0 Å². The first kappa shape index (κ1) is 15.8. The van der Waals surface area contributed by atoms with Gasteiger partial charge in [0.05, 0.1) is 11.7 Å². The lowest BCUT2D eigenvalue weighted by molar-refractivity contribution is 0.172. The topological polar surface area (TPSA) is 28.0 Å². The van der Waals surface area contributed by atoms with E-state index in [1.165, 1.54) is 11.1 Å². The Labute approximate surface area is 142 Å². The molecule has 0 aliphatic carbocycles. The van der Waals surface area contributed by atoms with Gasteiger partial charge in [0.2, 0.25) is 0 Å². The van der Waals surface area contributed by atoms with Gasteiger partial charge in [0.25, 0.3) is 0 Å². The van der Waals surface area contributed by atoms with Crippen molar-refractivity contribution < 1.29 is 0 Å². The maximum atomic E-state index is 5.97. The van der Waals surface area contributed by atoms with Crippen LogP contribution in [0.25, 0.3) is 5.70 Å². The van der Waals surface area contributed by atoms with Crippen molar-refractivity contribution in [3.05, 3.63) is 76.3 Å². The van der Waals surface area contributed by atoms with Crippen molar-refractivity contribution in [1.29, 1.82) is 0 Å². The molecule has 1 aliphatic heterocycles. The van der Waals surface area contributed by atoms with E-state index in [9.17, 15) is 0 Å². The van der Waals surface area contributed by atoms with Gasteiger partial charge in [-0.1, -0.05) is 58.8 Å². The normalized spacial score (nSPS) is 17.5. The molecular weight excluding hydrogens is 306 g/mol. The Morgan fingerprint density at radius 1 is 1.00 bits per heavy atom. The number of rotatable bonds is 3. The Bertz CT molecular complexity index is 730. The molecule has 0 N–H and O–H groups in total. The molecule has 118 valence electrons. The molecule has 1 aliphatic rings. The molecule has 2 aromatic rings. The summed E-state index contributed by atoms with van der Waals surface area (Å²) < 4.78 is 0. The van der Waals surface area contributed by atoms with Crippen molar-refractivity contribution in [2.45, 2.75) is 32.9 Å². The number of aryl methyl sites for hydroxylation is 1. The second-order valence-electron chi connectivity index (χ2n) is 6.08. The summed E-state index contributed by atoms with van der Waals surface area (Å²) in [5, 5.41) is 11.6. The van der Waals surface area contributed by atoms with Crippen molar-refractivity contribution in [1.82, 2.24) is 5.01 Å². The van der Waals surface area contributed by atoms with Crippen LogP contribution in [0.4, 0.5) is 0 Å². The minimum atomic E-state index is 0.0822. The number of hydrogen-bond acceptors (Lipinski definition) is 3. The van der Waals surface area contributed by atoms with E-state index < -0.39 is 0 Å². The number of benzene rings is 2. The Morgan fingerprint density at radius 2 is 1.65 bits per heavy atom. The fourth-order valence-electron chi connectivity index (χ4n) is 2.63. The lowest BCUT2D eigenvalue weighted by Crippen LogP contribution is -2.30. The largest absolute Gasteiger partial charge is 0.265 e. The monoisotopic (exact) mass is 325 g/mol. The Balaban J connectivity index is 1.99. The first-order valence-electron chi connectivity index (χ1n) is 7.79. The minimum absolute atomic E-state index is 0.0822. The molecule has 4 heteroatoms. The molecule has 1 heterocycles. The van der Waals surface area contributed by atoms with Crippen LogP contribution in [0.5, 0.6) is 0 Å². The third-order valence-electron chi connectivity index (χ3n) is 3.94. The van der Waals surface area contributed by atoms with Gasteiger partial charge in [-0.05, 0) is 44.5 Å². The van der Waals surface area contributed by atoms with Crippen LogP contribution in [0.15, 0.2) is 64.9 Å². The number of halogens is 1. The number of nitrogens with zero attached hydrogens (tertiary/aromatic N) is 3. The predicted molar refractivity (Wildman–Crippen MR) is 95.2 cm³/mol. The van der Waals surface area contributed by atoms with Gasteiger partial charge in [-0.25, -0.2) is 0 Å². The molecule has 0 aromatic heterocycles.